The van der Waals surface area contributed by atoms with Crippen molar-refractivity contribution in [2.75, 3.05) is 6.54 Å². The third-order valence-corrected chi connectivity index (χ3v) is 8.88. The zero-order chi connectivity index (χ0) is 30.7. The van der Waals surface area contributed by atoms with Gasteiger partial charge >= 0.3 is 5.97 Å². The fraction of sp³-hybridized carbons (Fsp3) is 0.515. The van der Waals surface area contributed by atoms with E-state index in [4.69, 9.17) is 21.7 Å². The monoisotopic (exact) mass is 597 g/mol. The Hall–Kier alpha value is -3.26. The van der Waals surface area contributed by atoms with Crippen molar-refractivity contribution < 1.29 is 23.9 Å². The number of hydrogen-bond acceptors (Lipinski definition) is 4. The summed E-state index contributed by atoms with van der Waals surface area (Å²) in [6, 6.07) is 11.0. The summed E-state index contributed by atoms with van der Waals surface area (Å²) in [6.45, 7) is 8.90. The van der Waals surface area contributed by atoms with Crippen molar-refractivity contribution in [2.45, 2.75) is 90.8 Å². The van der Waals surface area contributed by atoms with Crippen LogP contribution in [0.5, 0.6) is 0 Å². The fourth-order valence-electron chi connectivity index (χ4n) is 6.31. The maximum Gasteiger partial charge on any atom is 0.305 e. The number of nitrogens with zero attached hydrogens (tertiary/aromatic N) is 2. The first-order valence-electron chi connectivity index (χ1n) is 14.8. The highest BCUT2D eigenvalue weighted by Gasteiger charge is 2.52. The highest BCUT2D eigenvalue weighted by molar-refractivity contribution is 6.47. The molecule has 2 aliphatic rings. The number of halogens is 2. The number of rotatable bonds is 10. The topological polar surface area (TPSA) is 99.1 Å². The van der Waals surface area contributed by atoms with Crippen LogP contribution in [0.1, 0.15) is 107 Å². The lowest BCUT2D eigenvalue weighted by Gasteiger charge is -2.47. The molecular weight excluding hydrogens is 557 g/mol. The summed E-state index contributed by atoms with van der Waals surface area (Å²) < 4.78 is 14.4. The lowest BCUT2D eigenvalue weighted by Crippen LogP contribution is -2.51. The summed E-state index contributed by atoms with van der Waals surface area (Å²) in [7, 11) is 0. The Morgan fingerprint density at radius 2 is 1.83 bits per heavy atom. The van der Waals surface area contributed by atoms with E-state index in [0.29, 0.717) is 36.3 Å². The number of aliphatic imine (C=N–C) groups is 1. The molecule has 226 valence electrons. The summed E-state index contributed by atoms with van der Waals surface area (Å²) in [5, 5.41) is 11.7. The Kier molecular flexibility index (Phi) is 9.76. The molecule has 0 unspecified atom stereocenters. The molecule has 42 heavy (non-hydrogen) atoms. The second-order valence-electron chi connectivity index (χ2n) is 12.6. The minimum atomic E-state index is -0.979. The molecule has 1 atom stereocenters. The Morgan fingerprint density at radius 3 is 2.40 bits per heavy atom. The molecule has 9 heteroatoms. The van der Waals surface area contributed by atoms with Gasteiger partial charge in [0.2, 0.25) is 0 Å². The first-order chi connectivity index (χ1) is 19.8. The van der Waals surface area contributed by atoms with Crippen LogP contribution in [0.3, 0.4) is 0 Å². The van der Waals surface area contributed by atoms with E-state index in [0.717, 1.165) is 31.2 Å². The molecule has 2 N–H and O–H groups in total. The van der Waals surface area contributed by atoms with Crippen LogP contribution in [-0.2, 0) is 9.59 Å². The molecule has 1 aliphatic carbocycles. The van der Waals surface area contributed by atoms with Crippen LogP contribution in [0.25, 0.3) is 0 Å². The van der Waals surface area contributed by atoms with Gasteiger partial charge < -0.3 is 15.3 Å². The third-order valence-electron chi connectivity index (χ3n) is 8.66. The maximum atomic E-state index is 14.4. The standard InChI is InChI=1S/C33H41ClFN3O4/c1-5-6-7-27(21-8-10-22(11-9-21)30(41)36-17-14-28(39)40)38-31(42)29(23-18-25(34)20-26(35)19-23)37-33(38)15-12-24(13-16-33)32(2,3)4/h8-11,18-20,24,27H,5-7,12-17H2,1-4H3,(H,36,41)(H,39,40)/t24?,27-,33?/m1/s1. The van der Waals surface area contributed by atoms with E-state index in [-0.39, 0.29) is 47.0 Å². The Labute approximate surface area is 252 Å². The van der Waals surface area contributed by atoms with Crippen molar-refractivity contribution >= 4 is 35.1 Å². The number of carbonyl (C=O) groups excluding carboxylic acids is 2. The number of nitrogens with one attached hydrogen (secondary N) is 1. The van der Waals surface area contributed by atoms with Gasteiger partial charge in [0.1, 0.15) is 17.2 Å². The predicted octanol–water partition coefficient (Wildman–Crippen LogP) is 7.18. The van der Waals surface area contributed by atoms with Crippen molar-refractivity contribution in [3.8, 4) is 0 Å². The molecule has 0 bridgehead atoms. The Morgan fingerprint density at radius 1 is 1.17 bits per heavy atom. The maximum absolute atomic E-state index is 14.4. The molecule has 4 rings (SSSR count). The summed E-state index contributed by atoms with van der Waals surface area (Å²) in [6.07, 6.45) is 5.64. The lowest BCUT2D eigenvalue weighted by atomic mass is 9.69. The van der Waals surface area contributed by atoms with Gasteiger partial charge in [-0.3, -0.25) is 19.4 Å². The smallest absolute Gasteiger partial charge is 0.305 e. The van der Waals surface area contributed by atoms with Gasteiger partial charge in [0.15, 0.2) is 0 Å². The van der Waals surface area contributed by atoms with Gasteiger partial charge in [-0.15, -0.1) is 0 Å². The van der Waals surface area contributed by atoms with E-state index >= 15 is 0 Å². The summed E-state index contributed by atoms with van der Waals surface area (Å²) in [4.78, 5) is 44.7. The van der Waals surface area contributed by atoms with E-state index in [1.54, 1.807) is 18.2 Å². The van der Waals surface area contributed by atoms with E-state index < -0.39 is 17.4 Å². The van der Waals surface area contributed by atoms with Crippen molar-refractivity contribution in [1.29, 1.82) is 0 Å². The summed E-state index contributed by atoms with van der Waals surface area (Å²) in [5.74, 6) is -1.59. The number of unbranched alkanes of at least 4 members (excludes halogenated alkanes) is 1. The van der Waals surface area contributed by atoms with Crippen molar-refractivity contribution in [2.24, 2.45) is 16.3 Å². The number of carboxylic acid groups (broad SMARTS) is 1. The number of carboxylic acids is 1. The lowest BCUT2D eigenvalue weighted by molar-refractivity contribution is -0.137. The minimum Gasteiger partial charge on any atom is -0.481 e. The van der Waals surface area contributed by atoms with Crippen LogP contribution < -0.4 is 5.32 Å². The normalized spacial score (nSPS) is 21.4. The number of aliphatic carboxylic acids is 1. The molecule has 0 radical (unpaired) electrons. The zero-order valence-corrected chi connectivity index (χ0v) is 25.6. The van der Waals surface area contributed by atoms with Gasteiger partial charge in [0.05, 0.1) is 12.5 Å². The van der Waals surface area contributed by atoms with Gasteiger partial charge in [0.25, 0.3) is 11.8 Å². The van der Waals surface area contributed by atoms with Crippen LogP contribution >= 0.6 is 11.6 Å². The highest BCUT2D eigenvalue weighted by Crippen LogP contribution is 2.50. The highest BCUT2D eigenvalue weighted by atomic mass is 35.5. The second kappa shape index (κ2) is 12.9. The van der Waals surface area contributed by atoms with E-state index in [9.17, 15) is 18.8 Å². The average Bonchev–Trinajstić information content (AvgIpc) is 3.19. The van der Waals surface area contributed by atoms with Gasteiger partial charge in [-0.05, 0) is 79.3 Å². The van der Waals surface area contributed by atoms with Gasteiger partial charge in [-0.25, -0.2) is 4.39 Å². The van der Waals surface area contributed by atoms with E-state index in [1.165, 1.54) is 12.1 Å². The molecule has 2 aromatic carbocycles. The van der Waals surface area contributed by atoms with Crippen LogP contribution in [0.4, 0.5) is 4.39 Å². The van der Waals surface area contributed by atoms with Crippen LogP contribution in [0, 0.1) is 17.2 Å². The molecule has 1 fully saturated rings. The van der Waals surface area contributed by atoms with E-state index in [2.05, 4.69) is 33.0 Å². The van der Waals surface area contributed by atoms with Crippen molar-refractivity contribution in [1.82, 2.24) is 10.2 Å². The molecule has 0 saturated heterocycles. The number of hydrogen-bond donors (Lipinski definition) is 2. The van der Waals surface area contributed by atoms with Gasteiger partial charge in [-0.1, -0.05) is 64.3 Å². The molecule has 2 amide bonds. The molecule has 1 saturated carbocycles. The Bertz CT molecular complexity index is 1320. The van der Waals surface area contributed by atoms with Crippen LogP contribution in [-0.4, -0.2) is 45.7 Å². The van der Waals surface area contributed by atoms with Crippen molar-refractivity contribution in [3.63, 3.8) is 0 Å². The average molecular weight is 598 g/mol. The van der Waals surface area contributed by atoms with Crippen LogP contribution in [0.15, 0.2) is 47.5 Å². The summed E-state index contributed by atoms with van der Waals surface area (Å²) >= 11 is 6.19. The third kappa shape index (κ3) is 7.02. The number of amides is 2. The molecule has 0 aromatic heterocycles. The quantitative estimate of drug-likeness (QED) is 0.303. The SMILES string of the molecule is CCCC[C@H](c1ccc(C(=O)NCCC(=O)O)cc1)N1C(=O)C(c2cc(F)cc(Cl)c2)=NC12CCC(C(C)(C)C)CC2. The van der Waals surface area contributed by atoms with Gasteiger partial charge in [0, 0.05) is 22.7 Å². The first kappa shape index (κ1) is 31.7. The molecule has 1 heterocycles. The van der Waals surface area contributed by atoms with E-state index in [1.807, 2.05) is 17.0 Å². The summed E-state index contributed by atoms with van der Waals surface area (Å²) in [5.41, 5.74) is 1.31. The minimum absolute atomic E-state index is 0.0413. The number of benzene rings is 2. The largest absolute Gasteiger partial charge is 0.481 e. The van der Waals surface area contributed by atoms with Gasteiger partial charge in [-0.2, -0.15) is 0 Å². The molecule has 2 aromatic rings. The fourth-order valence-corrected chi connectivity index (χ4v) is 6.53. The molecular formula is C33H41ClFN3O4. The molecule has 1 spiro atoms. The number of carbonyl (C=O) groups is 3. The zero-order valence-electron chi connectivity index (χ0n) is 24.9. The van der Waals surface area contributed by atoms with Crippen LogP contribution in [0.2, 0.25) is 5.02 Å². The Balaban J connectivity index is 1.71. The molecule has 7 nitrogen and oxygen atoms in total. The predicted molar refractivity (Wildman–Crippen MR) is 162 cm³/mol. The molecule has 1 aliphatic heterocycles. The second-order valence-corrected chi connectivity index (χ2v) is 13.0. The first-order valence-corrected chi connectivity index (χ1v) is 15.2. The van der Waals surface area contributed by atoms with Crippen molar-refractivity contribution in [3.05, 3.63) is 70.0 Å².